The van der Waals surface area contributed by atoms with E-state index in [0.717, 1.165) is 18.6 Å². The maximum Gasteiger partial charge on any atom is 0.347 e. The molecule has 1 saturated carbocycles. The summed E-state index contributed by atoms with van der Waals surface area (Å²) in [6.45, 7) is 2.23. The minimum atomic E-state index is -0.432. The predicted molar refractivity (Wildman–Crippen MR) is 81.6 cm³/mol. The van der Waals surface area contributed by atoms with Gasteiger partial charge in [0.15, 0.2) is 6.10 Å². The summed E-state index contributed by atoms with van der Waals surface area (Å²) in [6, 6.07) is 6.53. The van der Waals surface area contributed by atoms with Gasteiger partial charge in [0, 0.05) is 0 Å². The topological polar surface area (TPSA) is 35.5 Å². The van der Waals surface area contributed by atoms with Crippen molar-refractivity contribution < 1.29 is 14.3 Å². The highest BCUT2D eigenvalue weighted by Crippen LogP contribution is 2.36. The number of esters is 1. The average molecular weight is 288 g/mol. The second-order valence-corrected chi connectivity index (χ2v) is 6.10. The molecule has 3 heteroatoms. The van der Waals surface area contributed by atoms with Crippen LogP contribution in [0.2, 0.25) is 0 Å². The number of hydrogen-bond donors (Lipinski definition) is 0. The van der Waals surface area contributed by atoms with E-state index in [1.54, 1.807) is 0 Å². The molecule has 3 rings (SSSR count). The fourth-order valence-corrected chi connectivity index (χ4v) is 3.50. The maximum atomic E-state index is 11.8. The molecule has 1 atom stereocenters. The van der Waals surface area contributed by atoms with Crippen molar-refractivity contribution in [2.75, 3.05) is 6.61 Å². The van der Waals surface area contributed by atoms with Crippen LogP contribution in [0.15, 0.2) is 18.2 Å². The predicted octanol–water partition coefficient (Wildman–Crippen LogP) is 3.99. The Kier molecular flexibility index (Phi) is 4.47. The van der Waals surface area contributed by atoms with E-state index >= 15 is 0 Å². The Morgan fingerprint density at radius 2 is 2.05 bits per heavy atom. The molecule has 2 aliphatic rings. The third-order valence-electron chi connectivity index (χ3n) is 4.66. The van der Waals surface area contributed by atoms with Crippen LogP contribution in [-0.2, 0) is 16.0 Å². The fraction of sp³-hybridized carbons (Fsp3) is 0.611. The molecule has 0 bridgehead atoms. The lowest BCUT2D eigenvalue weighted by Crippen LogP contribution is -2.32. The summed E-state index contributed by atoms with van der Waals surface area (Å²) < 4.78 is 10.9. The van der Waals surface area contributed by atoms with Gasteiger partial charge in [-0.25, -0.2) is 4.79 Å². The molecule has 0 amide bonds. The van der Waals surface area contributed by atoms with Crippen molar-refractivity contribution in [1.82, 2.24) is 0 Å². The van der Waals surface area contributed by atoms with Crippen LogP contribution in [-0.4, -0.2) is 18.7 Å². The normalized spacial score (nSPS) is 22.2. The lowest BCUT2D eigenvalue weighted by Gasteiger charge is -2.27. The standard InChI is InChI=1S/C18H24O3/c1-2-20-18(19)17-11-9-15-12-14(8-10-16(15)21-17)13-6-4-3-5-7-13/h8,10,12-13,17H,2-7,9,11H2,1H3/t17-/m1/s1. The molecule has 1 fully saturated rings. The van der Waals surface area contributed by atoms with Gasteiger partial charge in [0.2, 0.25) is 0 Å². The van der Waals surface area contributed by atoms with Gasteiger partial charge in [0.05, 0.1) is 6.61 Å². The molecule has 1 aromatic rings. The highest BCUT2D eigenvalue weighted by molar-refractivity contribution is 5.75. The number of rotatable bonds is 3. The molecule has 0 radical (unpaired) electrons. The van der Waals surface area contributed by atoms with Gasteiger partial charge in [-0.15, -0.1) is 0 Å². The van der Waals surface area contributed by atoms with Crippen LogP contribution in [0.5, 0.6) is 5.75 Å². The zero-order chi connectivity index (χ0) is 14.7. The largest absolute Gasteiger partial charge is 0.478 e. The van der Waals surface area contributed by atoms with Gasteiger partial charge in [0.25, 0.3) is 0 Å². The molecule has 1 aliphatic carbocycles. The summed E-state index contributed by atoms with van der Waals surface area (Å²) in [7, 11) is 0. The first-order valence-corrected chi connectivity index (χ1v) is 8.24. The van der Waals surface area contributed by atoms with Crippen LogP contribution in [0.3, 0.4) is 0 Å². The van der Waals surface area contributed by atoms with Crippen molar-refractivity contribution in [1.29, 1.82) is 0 Å². The van der Waals surface area contributed by atoms with E-state index < -0.39 is 6.10 Å². The first kappa shape index (κ1) is 14.4. The number of fused-ring (bicyclic) bond motifs is 1. The van der Waals surface area contributed by atoms with E-state index in [1.807, 2.05) is 13.0 Å². The molecule has 1 heterocycles. The summed E-state index contributed by atoms with van der Waals surface area (Å²) in [4.78, 5) is 11.8. The SMILES string of the molecule is CCOC(=O)[C@H]1CCc2cc(C3CCCCC3)ccc2O1. The van der Waals surface area contributed by atoms with Gasteiger partial charge in [-0.05, 0) is 55.7 Å². The number of carbonyl (C=O) groups excluding carboxylic acids is 1. The third-order valence-corrected chi connectivity index (χ3v) is 4.66. The summed E-state index contributed by atoms with van der Waals surface area (Å²) in [5, 5.41) is 0. The van der Waals surface area contributed by atoms with Gasteiger partial charge < -0.3 is 9.47 Å². The fourth-order valence-electron chi connectivity index (χ4n) is 3.50. The lowest BCUT2D eigenvalue weighted by molar-refractivity contribution is -0.152. The van der Waals surface area contributed by atoms with Crippen molar-refractivity contribution >= 4 is 5.97 Å². The smallest absolute Gasteiger partial charge is 0.347 e. The maximum absolute atomic E-state index is 11.8. The van der Waals surface area contributed by atoms with Gasteiger partial charge in [-0.3, -0.25) is 0 Å². The van der Waals surface area contributed by atoms with Gasteiger partial charge in [0.1, 0.15) is 5.75 Å². The Morgan fingerprint density at radius 3 is 2.81 bits per heavy atom. The monoisotopic (exact) mass is 288 g/mol. The highest BCUT2D eigenvalue weighted by atomic mass is 16.6. The van der Waals surface area contributed by atoms with E-state index in [2.05, 4.69) is 12.1 Å². The molecule has 21 heavy (non-hydrogen) atoms. The average Bonchev–Trinajstić information content (AvgIpc) is 2.55. The second kappa shape index (κ2) is 6.50. The Bertz CT molecular complexity index is 503. The lowest BCUT2D eigenvalue weighted by atomic mass is 9.83. The summed E-state index contributed by atoms with van der Waals surface area (Å²) in [6.07, 6.45) is 7.89. The highest BCUT2D eigenvalue weighted by Gasteiger charge is 2.28. The van der Waals surface area contributed by atoms with E-state index in [0.29, 0.717) is 12.5 Å². The molecular formula is C18H24O3. The van der Waals surface area contributed by atoms with E-state index in [9.17, 15) is 4.79 Å². The van der Waals surface area contributed by atoms with Crippen LogP contribution < -0.4 is 4.74 Å². The molecule has 0 aromatic heterocycles. The van der Waals surface area contributed by atoms with Crippen LogP contribution >= 0.6 is 0 Å². The molecule has 3 nitrogen and oxygen atoms in total. The number of aryl methyl sites for hydroxylation is 1. The van der Waals surface area contributed by atoms with E-state index in [-0.39, 0.29) is 5.97 Å². The number of hydrogen-bond acceptors (Lipinski definition) is 3. The Labute approximate surface area is 126 Å². The second-order valence-electron chi connectivity index (χ2n) is 6.10. The molecular weight excluding hydrogens is 264 g/mol. The number of carbonyl (C=O) groups is 1. The van der Waals surface area contributed by atoms with Gasteiger partial charge in [-0.1, -0.05) is 31.4 Å². The van der Waals surface area contributed by atoms with Crippen LogP contribution in [0.4, 0.5) is 0 Å². The molecule has 0 spiro atoms. The summed E-state index contributed by atoms with van der Waals surface area (Å²) in [5.74, 6) is 1.34. The van der Waals surface area contributed by atoms with E-state index in [1.165, 1.54) is 43.2 Å². The summed E-state index contributed by atoms with van der Waals surface area (Å²) >= 11 is 0. The Balaban J connectivity index is 1.71. The zero-order valence-corrected chi connectivity index (χ0v) is 12.8. The first-order valence-electron chi connectivity index (χ1n) is 8.24. The van der Waals surface area contributed by atoms with Crippen molar-refractivity contribution in [2.24, 2.45) is 0 Å². The molecule has 0 N–H and O–H groups in total. The molecule has 0 saturated heterocycles. The number of ether oxygens (including phenoxy) is 2. The minimum Gasteiger partial charge on any atom is -0.478 e. The van der Waals surface area contributed by atoms with Crippen molar-refractivity contribution in [3.8, 4) is 5.75 Å². The quantitative estimate of drug-likeness (QED) is 0.789. The van der Waals surface area contributed by atoms with Crippen LogP contribution in [0, 0.1) is 0 Å². The Hall–Kier alpha value is -1.51. The number of benzene rings is 1. The molecule has 1 aromatic carbocycles. The van der Waals surface area contributed by atoms with Crippen molar-refractivity contribution in [3.05, 3.63) is 29.3 Å². The first-order chi connectivity index (χ1) is 10.3. The molecule has 1 aliphatic heterocycles. The van der Waals surface area contributed by atoms with Crippen LogP contribution in [0.25, 0.3) is 0 Å². The van der Waals surface area contributed by atoms with Crippen LogP contribution in [0.1, 0.15) is 62.5 Å². The van der Waals surface area contributed by atoms with Crippen molar-refractivity contribution in [2.45, 2.75) is 63.9 Å². The Morgan fingerprint density at radius 1 is 1.24 bits per heavy atom. The van der Waals surface area contributed by atoms with Crippen molar-refractivity contribution in [3.63, 3.8) is 0 Å². The van der Waals surface area contributed by atoms with Gasteiger partial charge >= 0.3 is 5.97 Å². The molecule has 0 unspecified atom stereocenters. The zero-order valence-electron chi connectivity index (χ0n) is 12.8. The summed E-state index contributed by atoms with van der Waals surface area (Å²) in [5.41, 5.74) is 2.70. The minimum absolute atomic E-state index is 0.237. The molecule has 114 valence electrons. The third kappa shape index (κ3) is 3.22. The van der Waals surface area contributed by atoms with Gasteiger partial charge in [-0.2, -0.15) is 0 Å². The van der Waals surface area contributed by atoms with E-state index in [4.69, 9.17) is 9.47 Å².